The molecule has 1 N–H and O–H groups in total. The molecule has 9 heteroatoms. The lowest BCUT2D eigenvalue weighted by Gasteiger charge is -2.43. The van der Waals surface area contributed by atoms with Crippen LogP contribution in [0.5, 0.6) is 0 Å². The second-order valence-electron chi connectivity index (χ2n) is 12.4. The van der Waals surface area contributed by atoms with E-state index in [9.17, 15) is 5.11 Å². The van der Waals surface area contributed by atoms with E-state index >= 15 is 0 Å². The second kappa shape index (κ2) is 10.5. The Morgan fingerprint density at radius 3 is 1.34 bits per heavy atom. The van der Waals surface area contributed by atoms with Gasteiger partial charge >= 0.3 is 8.80 Å². The number of aliphatic hydroxyl groups is 1. The second-order valence-corrected chi connectivity index (χ2v) is 29.3. The summed E-state index contributed by atoms with van der Waals surface area (Å²) >= 11 is 0. The summed E-state index contributed by atoms with van der Waals surface area (Å²) in [5.41, 5.74) is -0.942. The van der Waals surface area contributed by atoms with Crippen LogP contribution in [-0.4, -0.2) is 56.7 Å². The first-order chi connectivity index (χ1) is 12.5. The zero-order valence-electron chi connectivity index (χ0n) is 21.6. The number of ether oxygens (including phenoxy) is 1. The van der Waals surface area contributed by atoms with Crippen molar-refractivity contribution in [3.63, 3.8) is 0 Å². The average Bonchev–Trinajstić information content (AvgIpc) is 2.28. The summed E-state index contributed by atoms with van der Waals surface area (Å²) in [6, 6.07) is 0.837. The summed E-state index contributed by atoms with van der Waals surface area (Å²) in [5, 5.41) is 9.91. The van der Waals surface area contributed by atoms with E-state index in [4.69, 9.17) is 17.1 Å². The molecule has 176 valence electrons. The van der Waals surface area contributed by atoms with Gasteiger partial charge < -0.3 is 22.2 Å². The van der Waals surface area contributed by atoms with Crippen LogP contribution in [0.2, 0.25) is 65.0 Å². The molecule has 0 rings (SSSR count). The topological polar surface area (TPSA) is 57.2 Å². The number of rotatable bonds is 14. The summed E-state index contributed by atoms with van der Waals surface area (Å²) in [6.07, 6.45) is 2.49. The SMILES string of the molecule is CC(C)(O)CCOC(C)(C)CCC[Si](O[Si](C)(C)C)(O[Si](C)(C)C)O[Si](C)(C)C. The third-order valence-electron chi connectivity index (χ3n) is 3.85. The van der Waals surface area contributed by atoms with Crippen molar-refractivity contribution in [1.29, 1.82) is 0 Å². The minimum Gasteiger partial charge on any atom is -0.417 e. The summed E-state index contributed by atoms with van der Waals surface area (Å²) in [4.78, 5) is 0. The number of hydrogen-bond acceptors (Lipinski definition) is 5. The van der Waals surface area contributed by atoms with E-state index in [2.05, 4.69) is 72.8 Å². The maximum absolute atomic E-state index is 9.91. The van der Waals surface area contributed by atoms with Crippen LogP contribution in [0.1, 0.15) is 47.0 Å². The van der Waals surface area contributed by atoms with Crippen molar-refractivity contribution in [3.05, 3.63) is 0 Å². The molecule has 0 fully saturated rings. The van der Waals surface area contributed by atoms with Crippen LogP contribution in [-0.2, 0) is 17.1 Å². The zero-order chi connectivity index (χ0) is 23.4. The van der Waals surface area contributed by atoms with Crippen LogP contribution in [0.4, 0.5) is 0 Å². The van der Waals surface area contributed by atoms with Crippen molar-refractivity contribution in [2.45, 2.75) is 123 Å². The van der Waals surface area contributed by atoms with Crippen LogP contribution in [0.15, 0.2) is 0 Å². The predicted octanol–water partition coefficient (Wildman–Crippen LogP) is 6.22. The van der Waals surface area contributed by atoms with Crippen LogP contribution >= 0.6 is 0 Å². The molecule has 0 heterocycles. The van der Waals surface area contributed by atoms with Crippen molar-refractivity contribution in [1.82, 2.24) is 0 Å². The monoisotopic (exact) mass is 482 g/mol. The summed E-state index contributed by atoms with van der Waals surface area (Å²) in [5.74, 6) is 0. The molecule has 29 heavy (non-hydrogen) atoms. The molecule has 0 aliphatic rings. The Hall–Kier alpha value is 0.668. The highest BCUT2D eigenvalue weighted by Crippen LogP contribution is 2.32. The van der Waals surface area contributed by atoms with Gasteiger partial charge in [-0.3, -0.25) is 0 Å². The molecule has 0 aromatic carbocycles. The first kappa shape index (κ1) is 29.7. The van der Waals surface area contributed by atoms with E-state index in [0.717, 1.165) is 18.9 Å². The first-order valence-electron chi connectivity index (χ1n) is 11.0. The van der Waals surface area contributed by atoms with Gasteiger partial charge in [-0.2, -0.15) is 0 Å². The molecule has 0 aliphatic carbocycles. The molecule has 0 spiro atoms. The van der Waals surface area contributed by atoms with Gasteiger partial charge in [-0.05, 0) is 106 Å². The zero-order valence-corrected chi connectivity index (χ0v) is 25.6. The molecule has 0 aromatic heterocycles. The fraction of sp³-hybridized carbons (Fsp3) is 1.00. The van der Waals surface area contributed by atoms with E-state index in [-0.39, 0.29) is 5.60 Å². The minimum atomic E-state index is -2.77. The van der Waals surface area contributed by atoms with Gasteiger partial charge in [0.05, 0.1) is 17.8 Å². The molecule has 0 saturated heterocycles. The highest BCUT2D eigenvalue weighted by molar-refractivity contribution is 6.90. The third-order valence-corrected chi connectivity index (χ3v) is 15.9. The molecule has 0 bridgehead atoms. The van der Waals surface area contributed by atoms with Crippen molar-refractivity contribution in [2.75, 3.05) is 6.61 Å². The molecule has 0 aromatic rings. The fourth-order valence-corrected chi connectivity index (χ4v) is 17.7. The Morgan fingerprint density at radius 2 is 1.03 bits per heavy atom. The van der Waals surface area contributed by atoms with Crippen molar-refractivity contribution < 1.29 is 22.2 Å². The van der Waals surface area contributed by atoms with E-state index in [1.54, 1.807) is 0 Å². The molecule has 0 saturated carbocycles. The largest absolute Gasteiger partial charge is 0.469 e. The summed E-state index contributed by atoms with van der Waals surface area (Å²) in [6.45, 7) is 28.4. The van der Waals surface area contributed by atoms with Gasteiger partial charge in [-0.25, -0.2) is 0 Å². The van der Waals surface area contributed by atoms with Crippen molar-refractivity contribution in [3.8, 4) is 0 Å². The molecule has 0 atom stereocenters. The van der Waals surface area contributed by atoms with Gasteiger partial charge in [0.15, 0.2) is 25.0 Å². The summed E-state index contributed by atoms with van der Waals surface area (Å²) in [7, 11) is -8.27. The van der Waals surface area contributed by atoms with E-state index in [1.807, 2.05) is 13.8 Å². The predicted molar refractivity (Wildman–Crippen MR) is 134 cm³/mol. The Kier molecular flexibility index (Phi) is 10.8. The van der Waals surface area contributed by atoms with Crippen molar-refractivity contribution in [2.24, 2.45) is 0 Å². The molecule has 0 amide bonds. The van der Waals surface area contributed by atoms with E-state index < -0.39 is 39.4 Å². The highest BCUT2D eigenvalue weighted by Gasteiger charge is 2.49. The normalized spacial score (nSPS) is 15.1. The molecule has 0 aliphatic heterocycles. The van der Waals surface area contributed by atoms with Crippen LogP contribution in [0.3, 0.4) is 0 Å². The van der Waals surface area contributed by atoms with Crippen LogP contribution in [0.25, 0.3) is 0 Å². The lowest BCUT2D eigenvalue weighted by Crippen LogP contribution is -2.60. The Bertz CT molecular complexity index is 444. The fourth-order valence-electron chi connectivity index (χ4n) is 2.99. The average molecular weight is 483 g/mol. The lowest BCUT2D eigenvalue weighted by molar-refractivity contribution is -0.0503. The maximum atomic E-state index is 9.91. The van der Waals surface area contributed by atoms with Gasteiger partial charge in [0.25, 0.3) is 0 Å². The molecule has 0 unspecified atom stereocenters. The molecular formula is C20H50O5Si4. The van der Waals surface area contributed by atoms with Gasteiger partial charge in [0.1, 0.15) is 0 Å². The molecule has 0 radical (unpaired) electrons. The van der Waals surface area contributed by atoms with Gasteiger partial charge in [-0.1, -0.05) is 0 Å². The lowest BCUT2D eigenvalue weighted by atomic mass is 10.0. The quantitative estimate of drug-likeness (QED) is 0.298. The van der Waals surface area contributed by atoms with Gasteiger partial charge in [-0.15, -0.1) is 0 Å². The van der Waals surface area contributed by atoms with Gasteiger partial charge in [0, 0.05) is 6.04 Å². The van der Waals surface area contributed by atoms with E-state index in [0.29, 0.717) is 13.0 Å². The van der Waals surface area contributed by atoms with Crippen LogP contribution in [0, 0.1) is 0 Å². The minimum absolute atomic E-state index is 0.247. The standard InChI is InChI=1S/C20H50O5Si4/c1-19(2,21)16-17-22-20(3,4)15-14-18-29(23-26(5,6)7,24-27(8,9)10)25-28(11,12)13/h21H,14-18H2,1-13H3. The van der Waals surface area contributed by atoms with Gasteiger partial charge in [0.2, 0.25) is 0 Å². The number of hydrogen-bond donors (Lipinski definition) is 1. The molecule has 5 nitrogen and oxygen atoms in total. The smallest absolute Gasteiger partial charge is 0.417 e. The Morgan fingerprint density at radius 1 is 0.655 bits per heavy atom. The van der Waals surface area contributed by atoms with Crippen molar-refractivity contribution >= 4 is 33.8 Å². The summed E-state index contributed by atoms with van der Waals surface area (Å²) < 4.78 is 26.3. The highest BCUT2D eigenvalue weighted by atomic mass is 28.5. The first-order valence-corrected chi connectivity index (χ1v) is 23.2. The molecular weight excluding hydrogens is 433 g/mol. The Labute approximate surface area is 185 Å². The maximum Gasteiger partial charge on any atom is 0.469 e. The third kappa shape index (κ3) is 17.0. The Balaban J connectivity index is 5.28. The van der Waals surface area contributed by atoms with Crippen LogP contribution < -0.4 is 0 Å². The van der Waals surface area contributed by atoms with E-state index in [1.165, 1.54) is 0 Å².